The molecule has 0 amide bonds. The first-order valence-electron chi connectivity index (χ1n) is 3.56. The van der Waals surface area contributed by atoms with Gasteiger partial charge in [-0.3, -0.25) is 4.79 Å². The fraction of sp³-hybridized carbons (Fsp3) is 0.250. The number of carbonyl (C=O) groups excluding carboxylic acids is 1. The second kappa shape index (κ2) is 3.36. The molecule has 0 radical (unpaired) electrons. The number of rotatable bonds is 1. The number of hydrogen-bond donors (Lipinski definition) is 0. The molecule has 0 aliphatic rings. The van der Waals surface area contributed by atoms with Crippen molar-refractivity contribution in [1.82, 2.24) is 4.98 Å². The number of Topliss-reactive ketones (excluding diaryl/α,β-unsaturated/α-hetero) is 1. The minimum Gasteiger partial charge on any atom is -0.284 e. The van der Waals surface area contributed by atoms with Crippen molar-refractivity contribution in [2.45, 2.75) is 13.1 Å². The molecule has 0 bridgehead atoms. The molecule has 0 N–H and O–H groups in total. The summed E-state index contributed by atoms with van der Waals surface area (Å²) in [5, 5.41) is 0. The molecule has 0 aliphatic heterocycles. The summed E-state index contributed by atoms with van der Waals surface area (Å²) in [4.78, 5) is 13.7. The molecule has 1 aromatic rings. The highest BCUT2D eigenvalue weighted by Crippen LogP contribution is 2.22. The molecule has 0 unspecified atom stereocenters. The summed E-state index contributed by atoms with van der Waals surface area (Å²) < 4.78 is 48.4. The maximum absolute atomic E-state index is 12.7. The number of aromatic nitrogens is 1. The number of aryl methyl sites for hydroxylation is 1. The molecule has 0 fully saturated rings. The molecular weight excluding hydrogens is 202 g/mol. The first-order valence-corrected chi connectivity index (χ1v) is 3.56. The summed E-state index contributed by atoms with van der Waals surface area (Å²) in [6, 6.07) is 0.818. The van der Waals surface area contributed by atoms with Gasteiger partial charge in [0.05, 0.1) is 5.56 Å². The Kier molecular flexibility index (Phi) is 2.55. The van der Waals surface area contributed by atoms with Crippen LogP contribution < -0.4 is 0 Å². The lowest BCUT2D eigenvalue weighted by atomic mass is 10.1. The van der Waals surface area contributed by atoms with Crippen molar-refractivity contribution in [1.29, 1.82) is 0 Å². The summed E-state index contributed by atoms with van der Waals surface area (Å²) in [5.41, 5.74) is -0.753. The Bertz CT molecular complexity index is 372. The topological polar surface area (TPSA) is 30.0 Å². The maximum Gasteiger partial charge on any atom is 0.455 e. The minimum absolute atomic E-state index is 0.291. The second-order valence-corrected chi connectivity index (χ2v) is 2.68. The Morgan fingerprint density at radius 2 is 2.00 bits per heavy atom. The smallest absolute Gasteiger partial charge is 0.284 e. The molecule has 0 saturated heterocycles. The van der Waals surface area contributed by atoms with E-state index in [4.69, 9.17) is 0 Å². The summed E-state index contributed by atoms with van der Waals surface area (Å²) in [5.74, 6) is -3.62. The van der Waals surface area contributed by atoms with Crippen LogP contribution in [0.25, 0.3) is 0 Å². The highest BCUT2D eigenvalue weighted by molar-refractivity contribution is 6.00. The SMILES string of the molecule is Cc1cnc(F)c(C(=O)C(F)(F)F)c1. The van der Waals surface area contributed by atoms with Gasteiger partial charge in [-0.05, 0) is 18.6 Å². The molecule has 0 spiro atoms. The molecule has 1 rings (SSSR count). The van der Waals surface area contributed by atoms with E-state index in [0.29, 0.717) is 5.56 Å². The molecule has 14 heavy (non-hydrogen) atoms. The van der Waals surface area contributed by atoms with Gasteiger partial charge in [-0.1, -0.05) is 0 Å². The number of nitrogens with zero attached hydrogens (tertiary/aromatic N) is 1. The third-order valence-electron chi connectivity index (χ3n) is 1.48. The predicted octanol–water partition coefficient (Wildman–Crippen LogP) is 2.27. The number of ketones is 1. The van der Waals surface area contributed by atoms with E-state index in [2.05, 4.69) is 4.98 Å². The number of carbonyl (C=O) groups is 1. The van der Waals surface area contributed by atoms with Crippen molar-refractivity contribution >= 4 is 5.78 Å². The van der Waals surface area contributed by atoms with Crippen molar-refractivity contribution < 1.29 is 22.4 Å². The molecule has 2 nitrogen and oxygen atoms in total. The Hall–Kier alpha value is -1.46. The van der Waals surface area contributed by atoms with Crippen molar-refractivity contribution in [2.24, 2.45) is 0 Å². The van der Waals surface area contributed by atoms with Crippen LogP contribution in [0, 0.1) is 12.9 Å². The van der Waals surface area contributed by atoms with Crippen LogP contribution in [0.5, 0.6) is 0 Å². The molecule has 0 aliphatic carbocycles. The molecule has 6 heteroatoms. The average Bonchev–Trinajstić information content (AvgIpc) is 2.06. The van der Waals surface area contributed by atoms with E-state index in [-0.39, 0.29) is 0 Å². The largest absolute Gasteiger partial charge is 0.455 e. The Labute approximate surface area is 76.6 Å². The average molecular weight is 207 g/mol. The first-order chi connectivity index (χ1) is 6.32. The monoisotopic (exact) mass is 207 g/mol. The van der Waals surface area contributed by atoms with Crippen LogP contribution in [0.4, 0.5) is 17.6 Å². The third-order valence-corrected chi connectivity index (χ3v) is 1.48. The predicted molar refractivity (Wildman–Crippen MR) is 39.3 cm³/mol. The summed E-state index contributed by atoms with van der Waals surface area (Å²) >= 11 is 0. The fourth-order valence-corrected chi connectivity index (χ4v) is 0.864. The van der Waals surface area contributed by atoms with E-state index in [0.717, 1.165) is 12.3 Å². The molecule has 0 saturated carbocycles. The van der Waals surface area contributed by atoms with Crippen LogP contribution in [0.15, 0.2) is 12.3 Å². The highest BCUT2D eigenvalue weighted by Gasteiger charge is 2.41. The van der Waals surface area contributed by atoms with Crippen molar-refractivity contribution in [3.63, 3.8) is 0 Å². The first kappa shape index (κ1) is 10.6. The summed E-state index contributed by atoms with van der Waals surface area (Å²) in [6.45, 7) is 1.42. The van der Waals surface area contributed by atoms with Gasteiger partial charge >= 0.3 is 6.18 Å². The van der Waals surface area contributed by atoms with E-state index in [9.17, 15) is 22.4 Å². The minimum atomic E-state index is -5.07. The molecule has 1 aromatic heterocycles. The van der Waals surface area contributed by atoms with E-state index in [1.54, 1.807) is 0 Å². The number of alkyl halides is 3. The zero-order valence-electron chi connectivity index (χ0n) is 7.02. The van der Waals surface area contributed by atoms with Crippen LogP contribution in [0.1, 0.15) is 15.9 Å². The fourth-order valence-electron chi connectivity index (χ4n) is 0.864. The molecular formula is C8H5F4NO. The lowest BCUT2D eigenvalue weighted by Crippen LogP contribution is -2.24. The van der Waals surface area contributed by atoms with Gasteiger partial charge in [-0.15, -0.1) is 0 Å². The summed E-state index contributed by atoms with van der Waals surface area (Å²) in [7, 11) is 0. The van der Waals surface area contributed by atoms with Crippen LogP contribution in [0.3, 0.4) is 0 Å². The molecule has 0 atom stereocenters. The normalized spacial score (nSPS) is 11.5. The van der Waals surface area contributed by atoms with E-state index in [1.165, 1.54) is 6.92 Å². The van der Waals surface area contributed by atoms with E-state index >= 15 is 0 Å². The van der Waals surface area contributed by atoms with Crippen LogP contribution >= 0.6 is 0 Å². The highest BCUT2D eigenvalue weighted by atomic mass is 19.4. The molecule has 76 valence electrons. The Morgan fingerprint density at radius 3 is 2.50 bits per heavy atom. The Balaban J connectivity index is 3.19. The van der Waals surface area contributed by atoms with Crippen LogP contribution in [0.2, 0.25) is 0 Å². The van der Waals surface area contributed by atoms with Crippen LogP contribution in [-0.4, -0.2) is 16.9 Å². The van der Waals surface area contributed by atoms with Gasteiger partial charge in [0.1, 0.15) is 0 Å². The van der Waals surface area contributed by atoms with Gasteiger partial charge in [-0.25, -0.2) is 4.98 Å². The maximum atomic E-state index is 12.7. The molecule has 1 heterocycles. The third kappa shape index (κ3) is 2.07. The standard InChI is InChI=1S/C8H5F4NO/c1-4-2-5(7(9)13-3-4)6(14)8(10,11)12/h2-3H,1H3. The van der Waals surface area contributed by atoms with Gasteiger partial charge in [-0.2, -0.15) is 17.6 Å². The lowest BCUT2D eigenvalue weighted by molar-refractivity contribution is -0.0888. The number of halogens is 4. The van der Waals surface area contributed by atoms with Gasteiger partial charge in [0.15, 0.2) is 0 Å². The van der Waals surface area contributed by atoms with Gasteiger partial charge in [0, 0.05) is 6.20 Å². The second-order valence-electron chi connectivity index (χ2n) is 2.68. The zero-order valence-corrected chi connectivity index (χ0v) is 7.02. The summed E-state index contributed by atoms with van der Waals surface area (Å²) in [6.07, 6.45) is -4.03. The van der Waals surface area contributed by atoms with Gasteiger partial charge in [0.2, 0.25) is 5.95 Å². The van der Waals surface area contributed by atoms with Gasteiger partial charge < -0.3 is 0 Å². The van der Waals surface area contributed by atoms with Crippen molar-refractivity contribution in [3.05, 3.63) is 29.3 Å². The molecule has 0 aromatic carbocycles. The van der Waals surface area contributed by atoms with Crippen LogP contribution in [-0.2, 0) is 0 Å². The lowest BCUT2D eigenvalue weighted by Gasteiger charge is -2.05. The quantitative estimate of drug-likeness (QED) is 0.401. The Morgan fingerprint density at radius 1 is 1.43 bits per heavy atom. The van der Waals surface area contributed by atoms with Crippen molar-refractivity contribution in [3.8, 4) is 0 Å². The zero-order chi connectivity index (χ0) is 10.9. The van der Waals surface area contributed by atoms with E-state index < -0.39 is 23.5 Å². The van der Waals surface area contributed by atoms with E-state index in [1.807, 2.05) is 0 Å². The number of pyridine rings is 1. The van der Waals surface area contributed by atoms with Crippen molar-refractivity contribution in [2.75, 3.05) is 0 Å². The van der Waals surface area contributed by atoms with Gasteiger partial charge in [0.25, 0.3) is 5.78 Å². The number of hydrogen-bond acceptors (Lipinski definition) is 2.